The lowest BCUT2D eigenvalue weighted by molar-refractivity contribution is -0.123. The van der Waals surface area contributed by atoms with Gasteiger partial charge in [0.25, 0.3) is 5.56 Å². The van der Waals surface area contributed by atoms with E-state index in [1.165, 1.54) is 22.8 Å². The zero-order valence-corrected chi connectivity index (χ0v) is 23.6. The third-order valence-electron chi connectivity index (χ3n) is 5.84. The summed E-state index contributed by atoms with van der Waals surface area (Å²) in [5.74, 6) is -0.128. The maximum Gasteiger partial charge on any atom is 0.263 e. The number of carbonyl (C=O) groups is 1. The molecule has 0 aliphatic rings. The lowest BCUT2D eigenvalue weighted by Crippen LogP contribution is -2.43. The van der Waals surface area contributed by atoms with E-state index in [4.69, 9.17) is 16.3 Å². The summed E-state index contributed by atoms with van der Waals surface area (Å²) < 4.78 is 20.7. The van der Waals surface area contributed by atoms with Crippen LogP contribution in [0.2, 0.25) is 5.02 Å². The predicted octanol–water partition coefficient (Wildman–Crippen LogP) is 4.90. The number of ether oxygens (including phenoxy) is 1. The van der Waals surface area contributed by atoms with Crippen molar-refractivity contribution in [2.75, 3.05) is 21.2 Å². The van der Waals surface area contributed by atoms with E-state index in [2.05, 4.69) is 15.3 Å². The second-order valence-corrected chi connectivity index (χ2v) is 11.1. The Bertz CT molecular complexity index is 1610. The smallest absolute Gasteiger partial charge is 0.263 e. The molecule has 0 fully saturated rings. The Hall–Kier alpha value is -3.82. The number of nitrogens with zero attached hydrogens (tertiary/aromatic N) is 4. The first-order valence-electron chi connectivity index (χ1n) is 12.3. The van der Waals surface area contributed by atoms with Crippen molar-refractivity contribution in [1.29, 1.82) is 0 Å². The number of amides is 1. The molecule has 0 aliphatic heterocycles. The Morgan fingerprint density at radius 1 is 1.10 bits per heavy atom. The van der Waals surface area contributed by atoms with Gasteiger partial charge in [0.05, 0.1) is 17.5 Å². The summed E-state index contributed by atoms with van der Waals surface area (Å²) >= 11 is 6.03. The summed E-state index contributed by atoms with van der Waals surface area (Å²) in [5, 5.41) is 2.99. The maximum atomic E-state index is 13.9. The van der Waals surface area contributed by atoms with Gasteiger partial charge in [0.2, 0.25) is 5.91 Å². The number of rotatable bonds is 7. The van der Waals surface area contributed by atoms with Crippen molar-refractivity contribution in [3.63, 3.8) is 0 Å². The number of fused-ring (bicyclic) bond motifs is 1. The van der Waals surface area contributed by atoms with Crippen LogP contribution in [0, 0.1) is 5.82 Å². The average molecular weight is 552 g/mol. The fraction of sp³-hybridized carbons (Fsp3) is 0.310. The van der Waals surface area contributed by atoms with Gasteiger partial charge in [-0.3, -0.25) is 14.2 Å². The quantitative estimate of drug-likeness (QED) is 0.351. The van der Waals surface area contributed by atoms with Crippen LogP contribution in [0.3, 0.4) is 0 Å². The van der Waals surface area contributed by atoms with Crippen LogP contribution in [-0.4, -0.2) is 52.1 Å². The van der Waals surface area contributed by atoms with Gasteiger partial charge in [-0.15, -0.1) is 0 Å². The Morgan fingerprint density at radius 2 is 1.85 bits per heavy atom. The summed E-state index contributed by atoms with van der Waals surface area (Å²) in [7, 11) is 5.56. The second-order valence-electron chi connectivity index (χ2n) is 10.7. The molecule has 1 N–H and O–H groups in total. The first-order chi connectivity index (χ1) is 18.3. The van der Waals surface area contributed by atoms with Crippen LogP contribution in [0.1, 0.15) is 26.3 Å². The van der Waals surface area contributed by atoms with Gasteiger partial charge < -0.3 is 15.0 Å². The molecule has 204 valence electrons. The van der Waals surface area contributed by atoms with Gasteiger partial charge in [-0.1, -0.05) is 11.6 Å². The number of nitrogens with one attached hydrogen (secondary N) is 1. The van der Waals surface area contributed by atoms with Gasteiger partial charge in [-0.2, -0.15) is 0 Å². The predicted molar refractivity (Wildman–Crippen MR) is 151 cm³/mol. The summed E-state index contributed by atoms with van der Waals surface area (Å²) in [6.07, 6.45) is 1.64. The van der Waals surface area contributed by atoms with E-state index in [9.17, 15) is 14.0 Å². The van der Waals surface area contributed by atoms with Crippen molar-refractivity contribution >= 4 is 28.5 Å². The number of carbonyl (C=O) groups excluding carboxylic acids is 1. The Morgan fingerprint density at radius 3 is 2.49 bits per heavy atom. The molecule has 0 unspecified atom stereocenters. The van der Waals surface area contributed by atoms with E-state index in [1.807, 2.05) is 58.0 Å². The van der Waals surface area contributed by atoms with Gasteiger partial charge in [-0.25, -0.2) is 14.4 Å². The highest BCUT2D eigenvalue weighted by Crippen LogP contribution is 2.29. The van der Waals surface area contributed by atoms with E-state index in [0.717, 1.165) is 11.1 Å². The highest BCUT2D eigenvalue weighted by molar-refractivity contribution is 6.31. The monoisotopic (exact) mass is 551 g/mol. The number of halogens is 2. The van der Waals surface area contributed by atoms with Gasteiger partial charge in [0.15, 0.2) is 5.65 Å². The number of aromatic nitrogens is 3. The number of methoxy groups -OCH3 is 1. The minimum absolute atomic E-state index is 0.123. The molecule has 4 rings (SSSR count). The molecular formula is C29H31ClFN5O3. The van der Waals surface area contributed by atoms with E-state index < -0.39 is 16.9 Å². The largest absolute Gasteiger partial charge is 0.497 e. The Kier molecular flexibility index (Phi) is 8.04. The number of pyridine rings is 1. The SMILES string of the molecule is COc1cc(CN(C)C)cc(-c2cnc3nc(-c4ccc(F)c(Cl)c4)n(CC(=O)NC(C)(C)C)c(=O)c3c2)c1. The van der Waals surface area contributed by atoms with Crippen molar-refractivity contribution in [1.82, 2.24) is 24.8 Å². The minimum atomic E-state index is -0.602. The van der Waals surface area contributed by atoms with Crippen molar-refractivity contribution < 1.29 is 13.9 Å². The van der Waals surface area contributed by atoms with Crippen LogP contribution in [0.5, 0.6) is 5.75 Å². The molecule has 0 aliphatic carbocycles. The molecule has 2 aromatic carbocycles. The molecule has 2 aromatic heterocycles. The fourth-order valence-electron chi connectivity index (χ4n) is 4.27. The van der Waals surface area contributed by atoms with Gasteiger partial charge in [0.1, 0.15) is 23.9 Å². The summed E-state index contributed by atoms with van der Waals surface area (Å²) in [4.78, 5) is 37.9. The van der Waals surface area contributed by atoms with Crippen LogP contribution < -0.4 is 15.6 Å². The van der Waals surface area contributed by atoms with E-state index in [0.29, 0.717) is 23.4 Å². The van der Waals surface area contributed by atoms with Crippen LogP contribution in [0.25, 0.3) is 33.5 Å². The number of hydrogen-bond acceptors (Lipinski definition) is 6. The van der Waals surface area contributed by atoms with E-state index in [1.54, 1.807) is 19.4 Å². The summed E-state index contributed by atoms with van der Waals surface area (Å²) in [6.45, 7) is 5.96. The second kappa shape index (κ2) is 11.1. The molecule has 0 spiro atoms. The zero-order valence-electron chi connectivity index (χ0n) is 22.8. The molecule has 10 heteroatoms. The van der Waals surface area contributed by atoms with Crippen molar-refractivity contribution in [2.24, 2.45) is 0 Å². The van der Waals surface area contributed by atoms with Gasteiger partial charge >= 0.3 is 0 Å². The first-order valence-corrected chi connectivity index (χ1v) is 12.7. The normalized spacial score (nSPS) is 11.7. The lowest BCUT2D eigenvalue weighted by atomic mass is 10.0. The fourth-order valence-corrected chi connectivity index (χ4v) is 4.45. The standard InChI is InChI=1S/C29H31ClFN5O3/c1-29(2,3)34-25(37)16-36-27(18-7-8-24(31)23(30)13-18)33-26-22(28(36)38)12-20(14-32-26)19-9-17(15-35(4)5)10-21(11-19)39-6/h7-14H,15-16H2,1-6H3,(H,34,37). The number of benzene rings is 2. The lowest BCUT2D eigenvalue weighted by Gasteiger charge is -2.21. The highest BCUT2D eigenvalue weighted by Gasteiger charge is 2.20. The molecule has 4 aromatic rings. The molecule has 1 amide bonds. The average Bonchev–Trinajstić information content (AvgIpc) is 2.85. The van der Waals surface area contributed by atoms with Crippen LogP contribution in [0.4, 0.5) is 4.39 Å². The molecule has 39 heavy (non-hydrogen) atoms. The molecule has 0 radical (unpaired) electrons. The van der Waals surface area contributed by atoms with Crippen molar-refractivity contribution in [3.05, 3.63) is 75.4 Å². The van der Waals surface area contributed by atoms with Crippen LogP contribution in [-0.2, 0) is 17.9 Å². The Labute approximate surface area is 231 Å². The van der Waals surface area contributed by atoms with E-state index in [-0.39, 0.29) is 34.3 Å². The Balaban J connectivity index is 1.90. The zero-order chi connectivity index (χ0) is 28.5. The van der Waals surface area contributed by atoms with Crippen LogP contribution >= 0.6 is 11.6 Å². The molecule has 8 nitrogen and oxygen atoms in total. The summed E-state index contributed by atoms with van der Waals surface area (Å²) in [6, 6.07) is 11.6. The third kappa shape index (κ3) is 6.61. The number of hydrogen-bond donors (Lipinski definition) is 1. The van der Waals surface area contributed by atoms with Crippen molar-refractivity contribution in [3.8, 4) is 28.3 Å². The summed E-state index contributed by atoms with van der Waals surface area (Å²) in [5.41, 5.74) is 2.18. The van der Waals surface area contributed by atoms with Gasteiger partial charge in [-0.05, 0) is 88.5 Å². The van der Waals surface area contributed by atoms with Crippen LogP contribution in [0.15, 0.2) is 53.5 Å². The first kappa shape index (κ1) is 28.2. The molecule has 0 bridgehead atoms. The van der Waals surface area contributed by atoms with Crippen molar-refractivity contribution in [2.45, 2.75) is 39.4 Å². The van der Waals surface area contributed by atoms with Gasteiger partial charge in [0, 0.05) is 29.4 Å². The molecular weight excluding hydrogens is 521 g/mol. The molecule has 2 heterocycles. The highest BCUT2D eigenvalue weighted by atomic mass is 35.5. The van der Waals surface area contributed by atoms with E-state index >= 15 is 0 Å². The molecule has 0 saturated carbocycles. The maximum absolute atomic E-state index is 13.9. The third-order valence-corrected chi connectivity index (χ3v) is 6.13. The minimum Gasteiger partial charge on any atom is -0.497 e. The molecule has 0 atom stereocenters. The topological polar surface area (TPSA) is 89.3 Å². The molecule has 0 saturated heterocycles.